The number of amides is 1. The Morgan fingerprint density at radius 3 is 3.06 bits per heavy atom. The van der Waals surface area contributed by atoms with Crippen LogP contribution in [0, 0.1) is 5.82 Å². The molecule has 0 bridgehead atoms. The van der Waals surface area contributed by atoms with Crippen LogP contribution < -0.4 is 5.32 Å². The molecule has 2 rings (SSSR count). The van der Waals surface area contributed by atoms with E-state index in [0.29, 0.717) is 17.6 Å². The molecule has 1 fully saturated rings. The standard InChI is InChI=1S/C12H14BrFN2O/c13-10-6-9(2-3-11(10)14)7-16-5-1-4-15-12(17)8-16/h2-3,6H,1,4-5,7-8H2,(H,15,17). The number of rotatable bonds is 2. The highest BCUT2D eigenvalue weighted by Crippen LogP contribution is 2.18. The Hall–Kier alpha value is -0.940. The highest BCUT2D eigenvalue weighted by atomic mass is 79.9. The Bertz CT molecular complexity index is 425. The van der Waals surface area contributed by atoms with Gasteiger partial charge in [0.25, 0.3) is 0 Å². The zero-order valence-electron chi connectivity index (χ0n) is 9.38. The second-order valence-corrected chi connectivity index (χ2v) is 5.02. The van der Waals surface area contributed by atoms with Gasteiger partial charge in [0, 0.05) is 19.6 Å². The first-order valence-corrected chi connectivity index (χ1v) is 6.37. The summed E-state index contributed by atoms with van der Waals surface area (Å²) in [4.78, 5) is 13.5. The van der Waals surface area contributed by atoms with Crippen molar-refractivity contribution < 1.29 is 9.18 Å². The minimum Gasteiger partial charge on any atom is -0.355 e. The number of nitrogens with one attached hydrogen (secondary N) is 1. The van der Waals surface area contributed by atoms with Crippen LogP contribution in [0.2, 0.25) is 0 Å². The molecule has 0 aliphatic carbocycles. The summed E-state index contributed by atoms with van der Waals surface area (Å²) in [7, 11) is 0. The molecule has 3 nitrogen and oxygen atoms in total. The summed E-state index contributed by atoms with van der Waals surface area (Å²) in [6.45, 7) is 2.71. The van der Waals surface area contributed by atoms with Gasteiger partial charge in [-0.25, -0.2) is 4.39 Å². The van der Waals surface area contributed by atoms with Crippen LogP contribution in [0.15, 0.2) is 22.7 Å². The van der Waals surface area contributed by atoms with E-state index in [1.807, 2.05) is 0 Å². The zero-order chi connectivity index (χ0) is 12.3. The van der Waals surface area contributed by atoms with Gasteiger partial charge in [-0.1, -0.05) is 6.07 Å². The van der Waals surface area contributed by atoms with Crippen molar-refractivity contribution in [2.45, 2.75) is 13.0 Å². The topological polar surface area (TPSA) is 32.3 Å². The van der Waals surface area contributed by atoms with Crippen LogP contribution in [-0.4, -0.2) is 30.4 Å². The highest BCUT2D eigenvalue weighted by Gasteiger charge is 2.14. The maximum atomic E-state index is 13.1. The van der Waals surface area contributed by atoms with Gasteiger partial charge in [0.05, 0.1) is 11.0 Å². The van der Waals surface area contributed by atoms with E-state index in [4.69, 9.17) is 0 Å². The van der Waals surface area contributed by atoms with Gasteiger partial charge in [-0.15, -0.1) is 0 Å². The lowest BCUT2D eigenvalue weighted by molar-refractivity contribution is -0.121. The van der Waals surface area contributed by atoms with E-state index in [2.05, 4.69) is 26.1 Å². The average molecular weight is 301 g/mol. The van der Waals surface area contributed by atoms with Crippen LogP contribution in [0.5, 0.6) is 0 Å². The molecule has 1 amide bonds. The molecular formula is C12H14BrFN2O. The quantitative estimate of drug-likeness (QED) is 0.905. The number of carbonyl (C=O) groups excluding carboxylic acids is 1. The van der Waals surface area contributed by atoms with Gasteiger partial charge in [-0.2, -0.15) is 0 Å². The van der Waals surface area contributed by atoms with Crippen LogP contribution >= 0.6 is 15.9 Å². The smallest absolute Gasteiger partial charge is 0.234 e. The molecule has 0 aromatic heterocycles. The lowest BCUT2D eigenvalue weighted by Crippen LogP contribution is -2.32. The van der Waals surface area contributed by atoms with Gasteiger partial charge in [0.1, 0.15) is 5.82 Å². The van der Waals surface area contributed by atoms with Crippen molar-refractivity contribution in [2.24, 2.45) is 0 Å². The van der Waals surface area contributed by atoms with E-state index >= 15 is 0 Å². The van der Waals surface area contributed by atoms with Crippen molar-refractivity contribution in [3.63, 3.8) is 0 Å². The number of hydrogen-bond acceptors (Lipinski definition) is 2. The second-order valence-electron chi connectivity index (χ2n) is 4.16. The predicted molar refractivity (Wildman–Crippen MR) is 67.0 cm³/mol. The van der Waals surface area contributed by atoms with Gasteiger partial charge < -0.3 is 5.32 Å². The molecule has 0 unspecified atom stereocenters. The largest absolute Gasteiger partial charge is 0.355 e. The lowest BCUT2D eigenvalue weighted by atomic mass is 10.2. The van der Waals surface area contributed by atoms with Gasteiger partial charge >= 0.3 is 0 Å². The van der Waals surface area contributed by atoms with E-state index in [9.17, 15) is 9.18 Å². The van der Waals surface area contributed by atoms with Crippen molar-refractivity contribution in [1.29, 1.82) is 0 Å². The molecule has 0 radical (unpaired) electrons. The van der Waals surface area contributed by atoms with Crippen LogP contribution in [0.3, 0.4) is 0 Å². The zero-order valence-corrected chi connectivity index (χ0v) is 11.0. The molecule has 1 aromatic rings. The predicted octanol–water partition coefficient (Wildman–Crippen LogP) is 1.91. The monoisotopic (exact) mass is 300 g/mol. The summed E-state index contributed by atoms with van der Waals surface area (Å²) in [5.41, 5.74) is 1.01. The van der Waals surface area contributed by atoms with E-state index in [1.165, 1.54) is 6.07 Å². The maximum absolute atomic E-state index is 13.1. The molecule has 17 heavy (non-hydrogen) atoms. The molecule has 0 saturated carbocycles. The van der Waals surface area contributed by atoms with Gasteiger partial charge in [0.15, 0.2) is 0 Å². The fourth-order valence-corrected chi connectivity index (χ4v) is 2.33. The van der Waals surface area contributed by atoms with Crippen molar-refractivity contribution in [3.05, 3.63) is 34.1 Å². The van der Waals surface area contributed by atoms with E-state index in [0.717, 1.165) is 25.1 Å². The first kappa shape index (κ1) is 12.5. The van der Waals surface area contributed by atoms with Gasteiger partial charge in [0.2, 0.25) is 5.91 Å². The van der Waals surface area contributed by atoms with Crippen molar-refractivity contribution >= 4 is 21.8 Å². The molecule has 0 spiro atoms. The number of carbonyl (C=O) groups is 1. The van der Waals surface area contributed by atoms with Crippen molar-refractivity contribution in [3.8, 4) is 0 Å². The van der Waals surface area contributed by atoms with Crippen LogP contribution in [0.4, 0.5) is 4.39 Å². The second kappa shape index (κ2) is 5.60. The first-order valence-electron chi connectivity index (χ1n) is 5.58. The van der Waals surface area contributed by atoms with E-state index in [-0.39, 0.29) is 11.7 Å². The molecule has 92 valence electrons. The van der Waals surface area contributed by atoms with Crippen molar-refractivity contribution in [2.75, 3.05) is 19.6 Å². The SMILES string of the molecule is O=C1CN(Cc2ccc(F)c(Br)c2)CCCN1. The third-order valence-corrected chi connectivity index (χ3v) is 3.34. The fourth-order valence-electron chi connectivity index (χ4n) is 1.90. The minimum absolute atomic E-state index is 0.0590. The summed E-state index contributed by atoms with van der Waals surface area (Å²) in [6.07, 6.45) is 0.952. The fraction of sp³-hybridized carbons (Fsp3) is 0.417. The van der Waals surface area contributed by atoms with Gasteiger partial charge in [-0.05, 0) is 40.0 Å². The van der Waals surface area contributed by atoms with Gasteiger partial charge in [-0.3, -0.25) is 9.69 Å². The highest BCUT2D eigenvalue weighted by molar-refractivity contribution is 9.10. The summed E-state index contributed by atoms with van der Waals surface area (Å²) >= 11 is 3.17. The maximum Gasteiger partial charge on any atom is 0.234 e. The Labute approximate surface area is 108 Å². The summed E-state index contributed by atoms with van der Waals surface area (Å²) in [6, 6.07) is 4.96. The molecule has 5 heteroatoms. The minimum atomic E-state index is -0.262. The number of nitrogens with zero attached hydrogens (tertiary/aromatic N) is 1. The van der Waals surface area contributed by atoms with Crippen LogP contribution in [0.25, 0.3) is 0 Å². The third-order valence-electron chi connectivity index (χ3n) is 2.73. The molecule has 1 saturated heterocycles. The molecular weight excluding hydrogens is 287 g/mol. The molecule has 1 aromatic carbocycles. The number of benzene rings is 1. The van der Waals surface area contributed by atoms with Crippen molar-refractivity contribution in [1.82, 2.24) is 10.2 Å². The Morgan fingerprint density at radius 1 is 1.47 bits per heavy atom. The molecule has 0 atom stereocenters. The third kappa shape index (κ3) is 3.51. The Morgan fingerprint density at radius 2 is 2.29 bits per heavy atom. The van der Waals surface area contributed by atoms with Crippen LogP contribution in [0.1, 0.15) is 12.0 Å². The summed E-state index contributed by atoms with van der Waals surface area (Å²) in [5, 5.41) is 2.83. The summed E-state index contributed by atoms with van der Waals surface area (Å²) in [5.74, 6) is -0.203. The number of halogens is 2. The van der Waals surface area contributed by atoms with Crippen LogP contribution in [-0.2, 0) is 11.3 Å². The number of hydrogen-bond donors (Lipinski definition) is 1. The average Bonchev–Trinajstić information content (AvgIpc) is 2.48. The Kier molecular flexibility index (Phi) is 4.12. The summed E-state index contributed by atoms with van der Waals surface area (Å²) < 4.78 is 13.5. The normalized spacial score (nSPS) is 17.6. The first-order chi connectivity index (χ1) is 8.15. The Balaban J connectivity index is 2.03. The molecule has 1 aliphatic heterocycles. The molecule has 1 N–H and O–H groups in total. The molecule has 1 heterocycles. The lowest BCUT2D eigenvalue weighted by Gasteiger charge is -2.18. The molecule has 1 aliphatic rings. The van der Waals surface area contributed by atoms with E-state index < -0.39 is 0 Å². The van der Waals surface area contributed by atoms with E-state index in [1.54, 1.807) is 12.1 Å².